The van der Waals surface area contributed by atoms with E-state index in [0.717, 1.165) is 17.1 Å². The Labute approximate surface area is 130 Å². The smallest absolute Gasteiger partial charge is 0.0472 e. The second-order valence-electron chi connectivity index (χ2n) is 5.52. The van der Waals surface area contributed by atoms with E-state index in [9.17, 15) is 0 Å². The predicted molar refractivity (Wildman–Crippen MR) is 89.7 cm³/mol. The Morgan fingerprint density at radius 2 is 1.90 bits per heavy atom. The number of benzene rings is 2. The summed E-state index contributed by atoms with van der Waals surface area (Å²) in [6, 6.07) is 15.0. The van der Waals surface area contributed by atoms with E-state index in [1.165, 1.54) is 22.1 Å². The van der Waals surface area contributed by atoms with Crippen molar-refractivity contribution in [3.05, 3.63) is 70.4 Å². The summed E-state index contributed by atoms with van der Waals surface area (Å²) < 4.78 is 0. The molecule has 3 rings (SSSR count). The molecule has 1 aromatic heterocycles. The lowest BCUT2D eigenvalue weighted by Crippen LogP contribution is -2.17. The molecule has 108 valence electrons. The Kier molecular flexibility index (Phi) is 4.00. The average Bonchev–Trinajstić information content (AvgIpc) is 2.87. The Bertz CT molecular complexity index is 744. The molecule has 1 atom stereocenters. The summed E-state index contributed by atoms with van der Waals surface area (Å²) >= 11 is 6.01. The highest BCUT2D eigenvalue weighted by Crippen LogP contribution is 2.22. The van der Waals surface area contributed by atoms with Gasteiger partial charge in [-0.25, -0.2) is 0 Å². The first kappa shape index (κ1) is 14.2. The van der Waals surface area contributed by atoms with Gasteiger partial charge in [0.2, 0.25) is 0 Å². The molecule has 0 radical (unpaired) electrons. The molecule has 2 aromatic carbocycles. The van der Waals surface area contributed by atoms with Crippen LogP contribution in [0.15, 0.2) is 48.7 Å². The largest absolute Gasteiger partial charge is 0.361 e. The van der Waals surface area contributed by atoms with Crippen LogP contribution in [0, 0.1) is 6.92 Å². The van der Waals surface area contributed by atoms with Crippen LogP contribution < -0.4 is 5.32 Å². The molecule has 3 aromatic rings. The zero-order valence-electron chi connectivity index (χ0n) is 12.3. The summed E-state index contributed by atoms with van der Waals surface area (Å²) in [7, 11) is 0. The van der Waals surface area contributed by atoms with Gasteiger partial charge < -0.3 is 10.3 Å². The van der Waals surface area contributed by atoms with Crippen molar-refractivity contribution < 1.29 is 0 Å². The fourth-order valence-electron chi connectivity index (χ4n) is 2.54. The topological polar surface area (TPSA) is 27.8 Å². The van der Waals surface area contributed by atoms with Crippen LogP contribution in [0.5, 0.6) is 0 Å². The van der Waals surface area contributed by atoms with Crippen LogP contribution in [0.4, 0.5) is 0 Å². The number of fused-ring (bicyclic) bond motifs is 1. The molecule has 0 saturated carbocycles. The maximum absolute atomic E-state index is 6.01. The summed E-state index contributed by atoms with van der Waals surface area (Å²) in [5.41, 5.74) is 4.95. The number of aromatic amines is 1. The first-order valence-electron chi connectivity index (χ1n) is 7.19. The number of halogens is 1. The third kappa shape index (κ3) is 3.12. The molecule has 0 saturated heterocycles. The zero-order valence-corrected chi connectivity index (χ0v) is 13.0. The molecule has 21 heavy (non-hydrogen) atoms. The minimum atomic E-state index is 0.322. The number of hydrogen-bond donors (Lipinski definition) is 2. The lowest BCUT2D eigenvalue weighted by molar-refractivity contribution is 0.576. The highest BCUT2D eigenvalue weighted by atomic mass is 35.5. The second-order valence-corrected chi connectivity index (χ2v) is 5.95. The molecular weight excluding hydrogens is 280 g/mol. The van der Waals surface area contributed by atoms with Gasteiger partial charge in [0, 0.05) is 34.7 Å². The van der Waals surface area contributed by atoms with E-state index in [2.05, 4.69) is 60.7 Å². The monoisotopic (exact) mass is 298 g/mol. The van der Waals surface area contributed by atoms with Gasteiger partial charge in [-0.2, -0.15) is 0 Å². The van der Waals surface area contributed by atoms with E-state index in [0.29, 0.717) is 6.04 Å². The van der Waals surface area contributed by atoms with Crippen LogP contribution in [0.25, 0.3) is 10.9 Å². The van der Waals surface area contributed by atoms with E-state index < -0.39 is 0 Å². The van der Waals surface area contributed by atoms with Gasteiger partial charge >= 0.3 is 0 Å². The number of rotatable bonds is 4. The summed E-state index contributed by atoms with van der Waals surface area (Å²) in [5.74, 6) is 0. The van der Waals surface area contributed by atoms with Crippen molar-refractivity contribution in [2.75, 3.05) is 0 Å². The molecule has 2 nitrogen and oxygen atoms in total. The van der Waals surface area contributed by atoms with Crippen molar-refractivity contribution in [1.29, 1.82) is 0 Å². The highest BCUT2D eigenvalue weighted by Gasteiger charge is 2.07. The van der Waals surface area contributed by atoms with E-state index in [1.54, 1.807) is 0 Å². The number of nitrogens with one attached hydrogen (secondary N) is 2. The molecule has 0 unspecified atom stereocenters. The van der Waals surface area contributed by atoms with Gasteiger partial charge in [-0.3, -0.25) is 0 Å². The molecule has 3 heteroatoms. The molecule has 0 aliphatic carbocycles. The second kappa shape index (κ2) is 5.92. The van der Waals surface area contributed by atoms with E-state index in [-0.39, 0.29) is 0 Å². The Balaban J connectivity index is 1.72. The molecule has 0 aliphatic heterocycles. The molecular formula is C18H19ClN2. The van der Waals surface area contributed by atoms with E-state index in [1.807, 2.05) is 12.1 Å². The fourth-order valence-corrected chi connectivity index (χ4v) is 2.71. The maximum Gasteiger partial charge on any atom is 0.0472 e. The molecule has 2 N–H and O–H groups in total. The van der Waals surface area contributed by atoms with Crippen LogP contribution in [-0.4, -0.2) is 4.98 Å². The summed E-state index contributed by atoms with van der Waals surface area (Å²) in [6.07, 6.45) is 2.05. The van der Waals surface area contributed by atoms with Crippen LogP contribution in [0.1, 0.15) is 29.7 Å². The lowest BCUT2D eigenvalue weighted by atomic mass is 10.1. The lowest BCUT2D eigenvalue weighted by Gasteiger charge is -2.14. The van der Waals surface area contributed by atoms with Crippen LogP contribution in [-0.2, 0) is 6.54 Å². The van der Waals surface area contributed by atoms with Gasteiger partial charge in [0.05, 0.1) is 0 Å². The van der Waals surface area contributed by atoms with E-state index in [4.69, 9.17) is 11.6 Å². The fraction of sp³-hybridized carbons (Fsp3) is 0.222. The maximum atomic E-state index is 6.01. The van der Waals surface area contributed by atoms with Crippen molar-refractivity contribution >= 4 is 22.5 Å². The zero-order chi connectivity index (χ0) is 14.8. The summed E-state index contributed by atoms with van der Waals surface area (Å²) in [4.78, 5) is 3.28. The number of aryl methyl sites for hydroxylation is 1. The van der Waals surface area contributed by atoms with Gasteiger partial charge in [0.25, 0.3) is 0 Å². The third-order valence-electron chi connectivity index (χ3n) is 3.91. The Morgan fingerprint density at radius 1 is 1.14 bits per heavy atom. The van der Waals surface area contributed by atoms with Crippen LogP contribution in [0.3, 0.4) is 0 Å². The number of aromatic nitrogens is 1. The van der Waals surface area contributed by atoms with Gasteiger partial charge in [-0.05, 0) is 37.1 Å². The van der Waals surface area contributed by atoms with Crippen LogP contribution in [0.2, 0.25) is 5.02 Å². The predicted octanol–water partition coefficient (Wildman–Crippen LogP) is 4.98. The quantitative estimate of drug-likeness (QED) is 0.698. The standard InChI is InChI=1S/C18H19ClN2/c1-12-3-5-14(6-4-12)13(2)20-10-15-11-21-18-9-16(19)7-8-17(15)18/h3-9,11,13,20-21H,10H2,1-2H3/t13-/m0/s1. The first-order valence-corrected chi connectivity index (χ1v) is 7.57. The van der Waals surface area contributed by atoms with Gasteiger partial charge in [-0.1, -0.05) is 47.5 Å². The molecule has 0 spiro atoms. The molecule has 0 fully saturated rings. The first-order chi connectivity index (χ1) is 10.1. The van der Waals surface area contributed by atoms with Crippen molar-refractivity contribution in [3.8, 4) is 0 Å². The average molecular weight is 299 g/mol. The van der Waals surface area contributed by atoms with Crippen molar-refractivity contribution in [3.63, 3.8) is 0 Å². The molecule has 0 amide bonds. The normalized spacial score (nSPS) is 12.7. The van der Waals surface area contributed by atoms with Crippen LogP contribution >= 0.6 is 11.6 Å². The van der Waals surface area contributed by atoms with Crippen molar-refractivity contribution in [1.82, 2.24) is 10.3 Å². The van der Waals surface area contributed by atoms with E-state index >= 15 is 0 Å². The number of H-pyrrole nitrogens is 1. The number of hydrogen-bond acceptors (Lipinski definition) is 1. The third-order valence-corrected chi connectivity index (χ3v) is 4.14. The minimum absolute atomic E-state index is 0.322. The molecule has 1 heterocycles. The van der Waals surface area contributed by atoms with Gasteiger partial charge in [0.1, 0.15) is 0 Å². The Morgan fingerprint density at radius 3 is 2.67 bits per heavy atom. The highest BCUT2D eigenvalue weighted by molar-refractivity contribution is 6.31. The van der Waals surface area contributed by atoms with Crippen molar-refractivity contribution in [2.24, 2.45) is 0 Å². The van der Waals surface area contributed by atoms with Gasteiger partial charge in [0.15, 0.2) is 0 Å². The van der Waals surface area contributed by atoms with Crippen molar-refractivity contribution in [2.45, 2.75) is 26.4 Å². The molecule has 0 aliphatic rings. The minimum Gasteiger partial charge on any atom is -0.361 e. The Hall–Kier alpha value is -1.77. The summed E-state index contributed by atoms with van der Waals surface area (Å²) in [6.45, 7) is 5.13. The molecule has 0 bridgehead atoms. The summed E-state index contributed by atoms with van der Waals surface area (Å²) in [5, 5.41) is 5.56. The SMILES string of the molecule is Cc1ccc([C@H](C)NCc2c[nH]c3cc(Cl)ccc23)cc1. The van der Waals surface area contributed by atoms with Gasteiger partial charge in [-0.15, -0.1) is 0 Å².